The molecule has 0 aromatic carbocycles. The Balaban J connectivity index is 2.08. The quantitative estimate of drug-likeness (QED) is 0.866. The van der Waals surface area contributed by atoms with Crippen LogP contribution in [0.15, 0.2) is 16.3 Å². The fourth-order valence-electron chi connectivity index (χ4n) is 2.20. The highest BCUT2D eigenvalue weighted by Crippen LogP contribution is 2.24. The third kappa shape index (κ3) is 4.26. The van der Waals surface area contributed by atoms with E-state index in [2.05, 4.69) is 19.2 Å². The van der Waals surface area contributed by atoms with Crippen molar-refractivity contribution in [3.8, 4) is 0 Å². The topological polar surface area (TPSA) is 58.6 Å². The summed E-state index contributed by atoms with van der Waals surface area (Å²) in [5.74, 6) is 0. The summed E-state index contributed by atoms with van der Waals surface area (Å²) in [6, 6.07) is 2.17. The van der Waals surface area contributed by atoms with Crippen LogP contribution in [0.5, 0.6) is 0 Å². The Morgan fingerprint density at radius 1 is 1.52 bits per heavy atom. The number of morpholine rings is 1. The number of hydrogen-bond donors (Lipinski definition) is 1. The summed E-state index contributed by atoms with van der Waals surface area (Å²) in [6.45, 7) is 8.24. The Labute approximate surface area is 131 Å². The largest absolute Gasteiger partial charge is 0.375 e. The van der Waals surface area contributed by atoms with Gasteiger partial charge >= 0.3 is 0 Å². The van der Waals surface area contributed by atoms with Gasteiger partial charge in [0.05, 0.1) is 17.6 Å². The molecule has 2 heterocycles. The fraction of sp³-hybridized carbons (Fsp3) is 0.714. The molecule has 0 saturated carbocycles. The van der Waals surface area contributed by atoms with E-state index in [0.717, 1.165) is 11.3 Å². The van der Waals surface area contributed by atoms with Crippen molar-refractivity contribution < 1.29 is 13.2 Å². The number of ether oxygens (including phenoxy) is 1. The van der Waals surface area contributed by atoms with Crippen LogP contribution in [-0.4, -0.2) is 44.6 Å². The molecule has 1 atom stereocenters. The van der Waals surface area contributed by atoms with Gasteiger partial charge in [0.1, 0.15) is 0 Å². The van der Waals surface area contributed by atoms with Crippen molar-refractivity contribution in [2.24, 2.45) is 0 Å². The molecule has 1 aromatic heterocycles. The van der Waals surface area contributed by atoms with Crippen molar-refractivity contribution in [3.63, 3.8) is 0 Å². The SMILES string of the molecule is CCC1CN(S(=O)(=O)c2csc(CNC(C)C)c2)CCO1. The second-order valence-electron chi connectivity index (χ2n) is 5.55. The van der Waals surface area contributed by atoms with Gasteiger partial charge in [-0.05, 0) is 12.5 Å². The molecule has 1 fully saturated rings. The number of thiophene rings is 1. The molecule has 0 aliphatic carbocycles. The van der Waals surface area contributed by atoms with Gasteiger partial charge in [0.2, 0.25) is 10.0 Å². The van der Waals surface area contributed by atoms with Gasteiger partial charge in [-0.2, -0.15) is 4.31 Å². The lowest BCUT2D eigenvalue weighted by molar-refractivity contribution is -0.00277. The Hall–Kier alpha value is -0.470. The van der Waals surface area contributed by atoms with Crippen molar-refractivity contribution in [2.45, 2.75) is 50.8 Å². The maximum Gasteiger partial charge on any atom is 0.244 e. The molecule has 1 unspecified atom stereocenters. The normalized spacial score (nSPS) is 21.0. The zero-order valence-electron chi connectivity index (χ0n) is 12.8. The van der Waals surface area contributed by atoms with Gasteiger partial charge < -0.3 is 10.1 Å². The van der Waals surface area contributed by atoms with Crippen LogP contribution in [0.25, 0.3) is 0 Å². The van der Waals surface area contributed by atoms with E-state index in [1.807, 2.05) is 6.92 Å². The molecule has 1 aliphatic rings. The highest BCUT2D eigenvalue weighted by atomic mass is 32.2. The molecule has 2 rings (SSSR count). The van der Waals surface area contributed by atoms with Gasteiger partial charge in [-0.15, -0.1) is 11.3 Å². The molecule has 5 nitrogen and oxygen atoms in total. The van der Waals surface area contributed by atoms with E-state index < -0.39 is 10.0 Å². The molecule has 1 N–H and O–H groups in total. The summed E-state index contributed by atoms with van der Waals surface area (Å²) in [5, 5.41) is 5.04. The third-order valence-corrected chi connectivity index (χ3v) is 6.44. The summed E-state index contributed by atoms with van der Waals surface area (Å²) < 4.78 is 32.4. The summed E-state index contributed by atoms with van der Waals surface area (Å²) in [7, 11) is -3.39. The minimum absolute atomic E-state index is 0.00855. The van der Waals surface area contributed by atoms with E-state index in [-0.39, 0.29) is 6.10 Å². The Morgan fingerprint density at radius 3 is 2.95 bits per heavy atom. The van der Waals surface area contributed by atoms with Crippen LogP contribution < -0.4 is 5.32 Å². The number of nitrogens with zero attached hydrogens (tertiary/aromatic N) is 1. The van der Waals surface area contributed by atoms with E-state index in [4.69, 9.17) is 4.74 Å². The zero-order valence-corrected chi connectivity index (χ0v) is 14.5. The second kappa shape index (κ2) is 7.19. The average Bonchev–Trinajstić information content (AvgIpc) is 2.95. The lowest BCUT2D eigenvalue weighted by atomic mass is 10.2. The Bertz CT molecular complexity index is 554. The highest BCUT2D eigenvalue weighted by Gasteiger charge is 2.30. The van der Waals surface area contributed by atoms with Crippen molar-refractivity contribution in [1.29, 1.82) is 0 Å². The smallest absolute Gasteiger partial charge is 0.244 e. The fourth-order valence-corrected chi connectivity index (χ4v) is 4.87. The van der Waals surface area contributed by atoms with Crippen molar-refractivity contribution >= 4 is 21.4 Å². The van der Waals surface area contributed by atoms with Gasteiger partial charge in [0.15, 0.2) is 0 Å². The van der Waals surface area contributed by atoms with E-state index in [1.54, 1.807) is 15.8 Å². The molecule has 120 valence electrons. The van der Waals surface area contributed by atoms with Crippen molar-refractivity contribution in [2.75, 3.05) is 19.7 Å². The summed E-state index contributed by atoms with van der Waals surface area (Å²) >= 11 is 1.49. The second-order valence-corrected chi connectivity index (χ2v) is 8.48. The summed E-state index contributed by atoms with van der Waals surface area (Å²) in [6.07, 6.45) is 0.841. The Morgan fingerprint density at radius 2 is 2.29 bits per heavy atom. The number of sulfonamides is 1. The van der Waals surface area contributed by atoms with Crippen molar-refractivity contribution in [1.82, 2.24) is 9.62 Å². The van der Waals surface area contributed by atoms with Gasteiger partial charge in [-0.1, -0.05) is 20.8 Å². The minimum Gasteiger partial charge on any atom is -0.375 e. The molecule has 1 saturated heterocycles. The Kier molecular flexibility index (Phi) is 5.79. The first-order valence-corrected chi connectivity index (χ1v) is 9.68. The van der Waals surface area contributed by atoms with Crippen LogP contribution in [0.2, 0.25) is 0 Å². The molecule has 0 amide bonds. The molecule has 1 aliphatic heterocycles. The monoisotopic (exact) mass is 332 g/mol. The summed E-state index contributed by atoms with van der Waals surface area (Å²) in [5.41, 5.74) is 0. The van der Waals surface area contributed by atoms with Crippen LogP contribution in [0.4, 0.5) is 0 Å². The van der Waals surface area contributed by atoms with Crippen LogP contribution in [0.1, 0.15) is 32.1 Å². The predicted octanol–water partition coefficient (Wildman–Crippen LogP) is 2.05. The van der Waals surface area contributed by atoms with Crippen LogP contribution in [0.3, 0.4) is 0 Å². The van der Waals surface area contributed by atoms with Gasteiger partial charge in [0.25, 0.3) is 0 Å². The lowest BCUT2D eigenvalue weighted by Crippen LogP contribution is -2.45. The first-order valence-electron chi connectivity index (χ1n) is 7.36. The van der Waals surface area contributed by atoms with E-state index in [1.165, 1.54) is 11.3 Å². The number of hydrogen-bond acceptors (Lipinski definition) is 5. The molecular weight excluding hydrogens is 308 g/mol. The average molecular weight is 332 g/mol. The molecule has 0 radical (unpaired) electrons. The molecule has 1 aromatic rings. The zero-order chi connectivity index (χ0) is 15.5. The minimum atomic E-state index is -3.39. The summed E-state index contributed by atoms with van der Waals surface area (Å²) in [4.78, 5) is 1.45. The molecule has 21 heavy (non-hydrogen) atoms. The van der Waals surface area contributed by atoms with E-state index in [0.29, 0.717) is 37.2 Å². The molecule has 0 spiro atoms. The van der Waals surface area contributed by atoms with E-state index in [9.17, 15) is 8.42 Å². The predicted molar refractivity (Wildman–Crippen MR) is 85.1 cm³/mol. The van der Waals surface area contributed by atoms with E-state index >= 15 is 0 Å². The first kappa shape index (κ1) is 16.9. The maximum absolute atomic E-state index is 12.7. The first-order chi connectivity index (χ1) is 9.93. The number of rotatable bonds is 6. The van der Waals surface area contributed by atoms with Gasteiger partial charge in [0, 0.05) is 35.9 Å². The third-order valence-electron chi connectivity index (χ3n) is 3.51. The maximum atomic E-state index is 12.7. The van der Waals surface area contributed by atoms with Gasteiger partial charge in [-0.3, -0.25) is 0 Å². The standard InChI is InChI=1S/C14H24N2O3S2/c1-4-12-9-16(5-6-19-12)21(17,18)14-7-13(20-10-14)8-15-11(2)3/h7,10-12,15H,4-6,8-9H2,1-3H3. The van der Waals surface area contributed by atoms with Gasteiger partial charge in [-0.25, -0.2) is 8.42 Å². The van der Waals surface area contributed by atoms with Crippen LogP contribution in [-0.2, 0) is 21.3 Å². The molecule has 0 bridgehead atoms. The molecule has 7 heteroatoms. The van der Waals surface area contributed by atoms with Crippen molar-refractivity contribution in [3.05, 3.63) is 16.3 Å². The number of nitrogens with one attached hydrogen (secondary N) is 1. The van der Waals surface area contributed by atoms with Crippen LogP contribution in [0, 0.1) is 0 Å². The highest BCUT2D eigenvalue weighted by molar-refractivity contribution is 7.89. The lowest BCUT2D eigenvalue weighted by Gasteiger charge is -2.31. The van der Waals surface area contributed by atoms with Crippen LogP contribution >= 0.6 is 11.3 Å². The molecular formula is C14H24N2O3S2.